The molecule has 0 bridgehead atoms. The first-order valence-corrected chi connectivity index (χ1v) is 8.62. The van der Waals surface area contributed by atoms with Crippen LogP contribution in [0.3, 0.4) is 0 Å². The van der Waals surface area contributed by atoms with Crippen LogP contribution >= 0.6 is 0 Å². The highest BCUT2D eigenvalue weighted by molar-refractivity contribution is 5.41. The van der Waals surface area contributed by atoms with Crippen LogP contribution in [0, 0.1) is 0 Å². The highest BCUT2D eigenvalue weighted by Crippen LogP contribution is 2.27. The van der Waals surface area contributed by atoms with Gasteiger partial charge in [0.05, 0.1) is 19.6 Å². The van der Waals surface area contributed by atoms with E-state index < -0.39 is 0 Å². The van der Waals surface area contributed by atoms with E-state index in [4.69, 9.17) is 14.5 Å². The zero-order valence-corrected chi connectivity index (χ0v) is 14.7. The largest absolute Gasteiger partial charge is 0.497 e. The zero-order chi connectivity index (χ0) is 17.2. The zero-order valence-electron chi connectivity index (χ0n) is 14.7. The Morgan fingerprint density at radius 2 is 2.12 bits per heavy atom. The number of methoxy groups -OCH3 is 2. The van der Waals surface area contributed by atoms with Gasteiger partial charge in [0.1, 0.15) is 17.7 Å². The van der Waals surface area contributed by atoms with Crippen molar-refractivity contribution in [1.29, 1.82) is 0 Å². The summed E-state index contributed by atoms with van der Waals surface area (Å²) < 4.78 is 10.8. The van der Waals surface area contributed by atoms with Gasteiger partial charge in [-0.3, -0.25) is 9.89 Å². The highest BCUT2D eigenvalue weighted by atomic mass is 16.5. The van der Waals surface area contributed by atoms with Crippen LogP contribution < -0.4 is 25.4 Å². The van der Waals surface area contributed by atoms with Crippen molar-refractivity contribution in [1.82, 2.24) is 10.2 Å². The maximum absolute atomic E-state index is 5.54. The lowest BCUT2D eigenvalue weighted by Gasteiger charge is -2.32. The monoisotopic (exact) mass is 337 g/mol. The molecule has 2 aliphatic rings. The summed E-state index contributed by atoms with van der Waals surface area (Å²) in [6, 6.07) is 12.3. The molecule has 0 saturated carbocycles. The first kappa shape index (κ1) is 16.0. The van der Waals surface area contributed by atoms with Crippen molar-refractivity contribution in [2.24, 2.45) is 4.99 Å². The summed E-state index contributed by atoms with van der Waals surface area (Å²) in [4.78, 5) is 7.28. The van der Waals surface area contributed by atoms with E-state index in [-0.39, 0.29) is 6.17 Å². The summed E-state index contributed by atoms with van der Waals surface area (Å²) in [7, 11) is 3.42. The number of nitrogens with zero attached hydrogens (tertiary/aromatic N) is 2. The number of nitrogens with one attached hydrogen (secondary N) is 1. The van der Waals surface area contributed by atoms with Crippen molar-refractivity contribution in [2.45, 2.75) is 19.1 Å². The smallest absolute Gasteiger partial charge is 0.131 e. The first-order chi connectivity index (χ1) is 12.3. The Hall–Kier alpha value is -2.53. The van der Waals surface area contributed by atoms with Crippen LogP contribution in [-0.2, 0) is 13.0 Å². The average Bonchev–Trinajstić information content (AvgIpc) is 2.67. The number of benzene rings is 2. The average molecular weight is 337 g/mol. The van der Waals surface area contributed by atoms with Crippen molar-refractivity contribution in [3.8, 4) is 11.5 Å². The molecule has 2 aliphatic heterocycles. The summed E-state index contributed by atoms with van der Waals surface area (Å²) in [6.45, 7) is 2.82. The van der Waals surface area contributed by atoms with E-state index in [9.17, 15) is 0 Å². The van der Waals surface area contributed by atoms with E-state index in [0.717, 1.165) is 48.1 Å². The standard InChI is InChI=1S/C20H23N3O2/c1-24-16-6-7-18-15(10-16)11-21-20(22-18)13-23-9-8-14-4-3-5-19(25-2)17(14)12-23/h3-7,10-11,20-21H,8-9,12-13H2,1-2H3. The second kappa shape index (κ2) is 6.76. The first-order valence-electron chi connectivity index (χ1n) is 8.62. The van der Waals surface area contributed by atoms with Gasteiger partial charge in [0.25, 0.3) is 0 Å². The van der Waals surface area contributed by atoms with E-state index in [2.05, 4.69) is 22.3 Å². The molecule has 5 nitrogen and oxygen atoms in total. The Bertz CT molecular complexity index is 880. The van der Waals surface area contributed by atoms with Crippen LogP contribution in [0.1, 0.15) is 11.1 Å². The fraction of sp³-hybridized carbons (Fsp3) is 0.350. The number of fused-ring (bicyclic) bond motifs is 2. The second-order valence-electron chi connectivity index (χ2n) is 6.46. The summed E-state index contributed by atoms with van der Waals surface area (Å²) in [5.74, 6) is 1.84. The van der Waals surface area contributed by atoms with Crippen LogP contribution in [0.4, 0.5) is 0 Å². The molecule has 2 heterocycles. The fourth-order valence-electron chi connectivity index (χ4n) is 3.58. The molecule has 0 spiro atoms. The van der Waals surface area contributed by atoms with E-state index in [1.54, 1.807) is 14.2 Å². The molecule has 5 heteroatoms. The lowest BCUT2D eigenvalue weighted by Crippen LogP contribution is -2.46. The summed E-state index contributed by atoms with van der Waals surface area (Å²) in [5.41, 5.74) is 2.70. The highest BCUT2D eigenvalue weighted by Gasteiger charge is 2.22. The van der Waals surface area contributed by atoms with Gasteiger partial charge in [-0.25, -0.2) is 0 Å². The van der Waals surface area contributed by atoms with E-state index in [0.29, 0.717) is 0 Å². The van der Waals surface area contributed by atoms with Crippen LogP contribution in [0.5, 0.6) is 11.5 Å². The fourth-order valence-corrected chi connectivity index (χ4v) is 3.58. The minimum absolute atomic E-state index is 0.0668. The van der Waals surface area contributed by atoms with Gasteiger partial charge in [0.15, 0.2) is 0 Å². The summed E-state index contributed by atoms with van der Waals surface area (Å²) in [6.07, 6.45) is 3.15. The molecule has 0 aliphatic carbocycles. The second-order valence-corrected chi connectivity index (χ2v) is 6.46. The molecule has 4 rings (SSSR count). The maximum atomic E-state index is 5.54. The lowest BCUT2D eigenvalue weighted by molar-refractivity contribution is 0.227. The molecular weight excluding hydrogens is 314 g/mol. The molecule has 0 radical (unpaired) electrons. The van der Waals surface area contributed by atoms with Crippen LogP contribution in [-0.4, -0.2) is 38.4 Å². The van der Waals surface area contributed by atoms with Crippen molar-refractivity contribution in [3.63, 3.8) is 0 Å². The Morgan fingerprint density at radius 1 is 1.20 bits per heavy atom. The molecule has 1 unspecified atom stereocenters. The molecule has 2 aromatic carbocycles. The van der Waals surface area contributed by atoms with Gasteiger partial charge in [-0.15, -0.1) is 0 Å². The molecule has 0 amide bonds. The molecule has 2 aromatic rings. The quantitative estimate of drug-likeness (QED) is 0.906. The Labute approximate surface area is 147 Å². The molecular formula is C20H23N3O2. The van der Waals surface area contributed by atoms with Gasteiger partial charge < -0.3 is 14.8 Å². The van der Waals surface area contributed by atoms with Gasteiger partial charge in [0.2, 0.25) is 0 Å². The van der Waals surface area contributed by atoms with Gasteiger partial charge in [0, 0.05) is 36.6 Å². The minimum atomic E-state index is 0.0668. The van der Waals surface area contributed by atoms with Crippen molar-refractivity contribution in [2.75, 3.05) is 27.3 Å². The predicted octanol–water partition coefficient (Wildman–Crippen LogP) is 1.05. The van der Waals surface area contributed by atoms with E-state index in [1.165, 1.54) is 11.1 Å². The van der Waals surface area contributed by atoms with E-state index >= 15 is 0 Å². The van der Waals surface area contributed by atoms with Crippen LogP contribution in [0.15, 0.2) is 41.4 Å². The molecule has 25 heavy (non-hydrogen) atoms. The third kappa shape index (κ3) is 3.20. The third-order valence-electron chi connectivity index (χ3n) is 4.92. The number of hydrogen-bond acceptors (Lipinski definition) is 5. The normalized spacial score (nSPS) is 18.9. The SMILES string of the molecule is COc1ccc2c(c1)=CNC(CN1CCc3cccc(OC)c3C1)N=2. The van der Waals surface area contributed by atoms with Gasteiger partial charge >= 0.3 is 0 Å². The van der Waals surface area contributed by atoms with Crippen molar-refractivity contribution >= 4 is 6.20 Å². The Kier molecular flexibility index (Phi) is 4.32. The number of hydrogen-bond donors (Lipinski definition) is 1. The Balaban J connectivity index is 1.51. The molecule has 0 aromatic heterocycles. The Morgan fingerprint density at radius 3 is 2.96 bits per heavy atom. The summed E-state index contributed by atoms with van der Waals surface area (Å²) in [5, 5.41) is 5.49. The summed E-state index contributed by atoms with van der Waals surface area (Å²) >= 11 is 0. The molecule has 0 fully saturated rings. The molecule has 130 valence electrons. The maximum Gasteiger partial charge on any atom is 0.131 e. The van der Waals surface area contributed by atoms with Gasteiger partial charge in [-0.05, 0) is 36.2 Å². The number of ether oxygens (including phenoxy) is 2. The van der Waals surface area contributed by atoms with Crippen molar-refractivity contribution in [3.05, 3.63) is 58.1 Å². The number of rotatable bonds is 4. The lowest BCUT2D eigenvalue weighted by atomic mass is 9.98. The topological polar surface area (TPSA) is 46.1 Å². The van der Waals surface area contributed by atoms with Gasteiger partial charge in [-0.1, -0.05) is 12.1 Å². The predicted molar refractivity (Wildman–Crippen MR) is 97.1 cm³/mol. The molecule has 1 atom stereocenters. The van der Waals surface area contributed by atoms with Gasteiger partial charge in [-0.2, -0.15) is 0 Å². The van der Waals surface area contributed by atoms with Crippen molar-refractivity contribution < 1.29 is 9.47 Å². The van der Waals surface area contributed by atoms with Crippen LogP contribution in [0.25, 0.3) is 6.20 Å². The molecule has 0 saturated heterocycles. The minimum Gasteiger partial charge on any atom is -0.497 e. The molecule has 1 N–H and O–H groups in total. The third-order valence-corrected chi connectivity index (χ3v) is 4.92. The van der Waals surface area contributed by atoms with Crippen LogP contribution in [0.2, 0.25) is 0 Å². The van der Waals surface area contributed by atoms with E-state index in [1.807, 2.05) is 30.5 Å².